The quantitative estimate of drug-likeness (QED) is 0.584. The van der Waals surface area contributed by atoms with Gasteiger partial charge in [0.2, 0.25) is 0 Å². The van der Waals surface area contributed by atoms with Crippen molar-refractivity contribution in [1.82, 2.24) is 9.80 Å². The summed E-state index contributed by atoms with van der Waals surface area (Å²) < 4.78 is 0. The molecule has 1 saturated carbocycles. The van der Waals surface area contributed by atoms with Gasteiger partial charge < -0.3 is 9.69 Å². The van der Waals surface area contributed by atoms with Gasteiger partial charge in [-0.05, 0) is 45.8 Å². The highest BCUT2D eigenvalue weighted by molar-refractivity contribution is 5.59. The van der Waals surface area contributed by atoms with Crippen LogP contribution in [0.25, 0.3) is 0 Å². The maximum Gasteiger partial charge on any atom is 0.127 e. The van der Waals surface area contributed by atoms with Crippen LogP contribution in [0, 0.1) is 5.41 Å². The van der Waals surface area contributed by atoms with Crippen molar-refractivity contribution in [2.24, 2.45) is 5.41 Å². The molecule has 3 nitrogen and oxygen atoms in total. The number of hydrogen-bond donors (Lipinski definition) is 0. The molecule has 1 unspecified atom stereocenters. The Labute approximate surface area is 124 Å². The largest absolute Gasteiger partial charge is 0.305 e. The topological polar surface area (TPSA) is 23.6 Å². The van der Waals surface area contributed by atoms with E-state index in [4.69, 9.17) is 0 Å². The summed E-state index contributed by atoms with van der Waals surface area (Å²) in [5, 5.41) is 0. The van der Waals surface area contributed by atoms with Crippen LogP contribution in [-0.4, -0.2) is 55.4 Å². The molecule has 0 aromatic carbocycles. The number of nitrogens with zero attached hydrogens (tertiary/aromatic N) is 2. The number of carbonyl (C=O) groups excluding carboxylic acids is 1. The van der Waals surface area contributed by atoms with E-state index in [0.29, 0.717) is 6.04 Å². The van der Waals surface area contributed by atoms with E-state index >= 15 is 0 Å². The maximum absolute atomic E-state index is 11.8. The van der Waals surface area contributed by atoms with Crippen LogP contribution in [0.4, 0.5) is 0 Å². The van der Waals surface area contributed by atoms with E-state index in [9.17, 15) is 4.79 Å². The second kappa shape index (κ2) is 7.56. The molecule has 1 aliphatic heterocycles. The van der Waals surface area contributed by atoms with Crippen molar-refractivity contribution in [2.45, 2.75) is 64.3 Å². The third kappa shape index (κ3) is 4.05. The minimum absolute atomic E-state index is 0.0488. The Bertz CT molecular complexity index is 297. The summed E-state index contributed by atoms with van der Waals surface area (Å²) in [5.41, 5.74) is -0.0488. The van der Waals surface area contributed by atoms with Crippen molar-refractivity contribution >= 4 is 6.29 Å². The summed E-state index contributed by atoms with van der Waals surface area (Å²) >= 11 is 0. The van der Waals surface area contributed by atoms with Gasteiger partial charge in [0.15, 0.2) is 0 Å². The van der Waals surface area contributed by atoms with Crippen LogP contribution in [0.5, 0.6) is 0 Å². The van der Waals surface area contributed by atoms with Gasteiger partial charge in [-0.15, -0.1) is 0 Å². The predicted octanol–water partition coefficient (Wildman–Crippen LogP) is 2.94. The third-order valence-electron chi connectivity index (χ3n) is 5.36. The van der Waals surface area contributed by atoms with Gasteiger partial charge in [0, 0.05) is 24.5 Å². The summed E-state index contributed by atoms with van der Waals surface area (Å²) in [6.07, 6.45) is 11.1. The molecule has 1 heterocycles. The highest BCUT2D eigenvalue weighted by Gasteiger charge is 2.35. The third-order valence-corrected chi connectivity index (χ3v) is 5.36. The first-order chi connectivity index (χ1) is 9.69. The highest BCUT2D eigenvalue weighted by Crippen LogP contribution is 2.35. The first kappa shape index (κ1) is 16.0. The van der Waals surface area contributed by atoms with Gasteiger partial charge in [-0.1, -0.05) is 32.6 Å². The summed E-state index contributed by atoms with van der Waals surface area (Å²) in [7, 11) is 2.23. The van der Waals surface area contributed by atoms with Crippen molar-refractivity contribution < 1.29 is 4.79 Å². The van der Waals surface area contributed by atoms with Gasteiger partial charge in [-0.25, -0.2) is 0 Å². The fourth-order valence-electron chi connectivity index (χ4n) is 4.04. The van der Waals surface area contributed by atoms with Crippen molar-refractivity contribution in [1.29, 1.82) is 0 Å². The molecule has 0 aromatic rings. The van der Waals surface area contributed by atoms with Crippen LogP contribution < -0.4 is 0 Å². The highest BCUT2D eigenvalue weighted by atomic mass is 16.1. The number of aldehydes is 1. The lowest BCUT2D eigenvalue weighted by Gasteiger charge is -2.37. The Morgan fingerprint density at radius 2 is 1.80 bits per heavy atom. The second-order valence-corrected chi connectivity index (χ2v) is 7.04. The van der Waals surface area contributed by atoms with E-state index in [1.54, 1.807) is 0 Å². The molecule has 1 saturated heterocycles. The molecule has 0 spiro atoms. The summed E-state index contributed by atoms with van der Waals surface area (Å²) in [6, 6.07) is 0.627. The Hall–Kier alpha value is -0.410. The molecule has 116 valence electrons. The van der Waals surface area contributed by atoms with Crippen LogP contribution in [0.1, 0.15) is 58.3 Å². The van der Waals surface area contributed by atoms with Gasteiger partial charge in [0.1, 0.15) is 6.29 Å². The minimum Gasteiger partial charge on any atom is -0.305 e. The standard InChI is InChI=1S/C17H32N2O/c1-3-16-13-18(2)11-8-12-19(16)14-17(15-20)9-6-4-5-7-10-17/h15-16H,3-14H2,1-2H3. The number of carbonyl (C=O) groups is 1. The van der Waals surface area contributed by atoms with Crippen LogP contribution in [0.15, 0.2) is 0 Å². The molecule has 1 aliphatic carbocycles. The van der Waals surface area contributed by atoms with Gasteiger partial charge in [-0.2, -0.15) is 0 Å². The fourth-order valence-corrected chi connectivity index (χ4v) is 4.04. The van der Waals surface area contributed by atoms with Crippen LogP contribution in [0.3, 0.4) is 0 Å². The summed E-state index contributed by atoms with van der Waals surface area (Å²) in [6.45, 7) is 6.81. The van der Waals surface area contributed by atoms with Gasteiger partial charge in [0.25, 0.3) is 0 Å². The van der Waals surface area contributed by atoms with Crippen molar-refractivity contribution in [3.8, 4) is 0 Å². The van der Waals surface area contributed by atoms with Crippen LogP contribution >= 0.6 is 0 Å². The lowest BCUT2D eigenvalue weighted by atomic mass is 9.81. The van der Waals surface area contributed by atoms with Crippen LogP contribution in [0.2, 0.25) is 0 Å². The molecule has 2 aliphatic rings. The molecular formula is C17H32N2O. The second-order valence-electron chi connectivity index (χ2n) is 7.04. The molecule has 0 radical (unpaired) electrons. The zero-order valence-corrected chi connectivity index (χ0v) is 13.4. The number of likely N-dealkylation sites (N-methyl/N-ethyl adjacent to an activating group) is 1. The Morgan fingerprint density at radius 1 is 1.10 bits per heavy atom. The minimum atomic E-state index is -0.0488. The molecule has 0 N–H and O–H groups in total. The van der Waals surface area contributed by atoms with E-state index in [0.717, 1.165) is 25.9 Å². The predicted molar refractivity (Wildman–Crippen MR) is 84.0 cm³/mol. The van der Waals surface area contributed by atoms with E-state index in [-0.39, 0.29) is 5.41 Å². The van der Waals surface area contributed by atoms with Crippen LogP contribution in [-0.2, 0) is 4.79 Å². The van der Waals surface area contributed by atoms with Gasteiger partial charge in [0.05, 0.1) is 0 Å². The molecular weight excluding hydrogens is 248 g/mol. The number of hydrogen-bond acceptors (Lipinski definition) is 3. The zero-order chi connectivity index (χ0) is 14.4. The normalized spacial score (nSPS) is 29.6. The smallest absolute Gasteiger partial charge is 0.127 e. The van der Waals surface area contributed by atoms with Crippen molar-refractivity contribution in [3.05, 3.63) is 0 Å². The first-order valence-corrected chi connectivity index (χ1v) is 8.58. The summed E-state index contributed by atoms with van der Waals surface area (Å²) in [5.74, 6) is 0. The summed E-state index contributed by atoms with van der Waals surface area (Å²) in [4.78, 5) is 16.9. The maximum atomic E-state index is 11.8. The Morgan fingerprint density at radius 3 is 2.40 bits per heavy atom. The SMILES string of the molecule is CCC1CN(C)CCCN1CC1(C=O)CCCCCC1. The van der Waals surface area contributed by atoms with Crippen molar-refractivity contribution in [2.75, 3.05) is 33.2 Å². The molecule has 3 heteroatoms. The average molecular weight is 280 g/mol. The van der Waals surface area contributed by atoms with Gasteiger partial charge in [-0.3, -0.25) is 4.90 Å². The van der Waals surface area contributed by atoms with E-state index in [1.807, 2.05) is 0 Å². The molecule has 2 rings (SSSR count). The zero-order valence-electron chi connectivity index (χ0n) is 13.4. The monoisotopic (exact) mass is 280 g/mol. The molecule has 0 bridgehead atoms. The number of rotatable bonds is 4. The van der Waals surface area contributed by atoms with E-state index < -0.39 is 0 Å². The Kier molecular flexibility index (Phi) is 6.03. The molecule has 0 aromatic heterocycles. The average Bonchev–Trinajstić information content (AvgIpc) is 2.78. The molecule has 1 atom stereocenters. The lowest BCUT2D eigenvalue weighted by molar-refractivity contribution is -0.118. The fraction of sp³-hybridized carbons (Fsp3) is 0.941. The lowest BCUT2D eigenvalue weighted by Crippen LogP contribution is -2.46. The van der Waals surface area contributed by atoms with Gasteiger partial charge >= 0.3 is 0 Å². The Balaban J connectivity index is 2.05. The molecule has 20 heavy (non-hydrogen) atoms. The van der Waals surface area contributed by atoms with E-state index in [2.05, 4.69) is 23.8 Å². The molecule has 0 amide bonds. The van der Waals surface area contributed by atoms with E-state index in [1.165, 1.54) is 57.9 Å². The molecule has 2 fully saturated rings. The van der Waals surface area contributed by atoms with Crippen molar-refractivity contribution in [3.63, 3.8) is 0 Å². The first-order valence-electron chi connectivity index (χ1n) is 8.58.